The SMILES string of the molecule is C[N+]1(C)C2CCC1CC(OC(=O)C(O)c1ccccc1)C2.C[N+]1(C)C2CCC1CC(OC(=O)C(O)c1ccccc1)C2.O=S(=O)([O-])c1cc(Nc2nc(Nc3ccccc3)nc(N3CCOCC3)n2)ccc1C=Cc1ccc(Nc2nc(Nc3ccccc3)nc(N3CCOCC3)n2)cc1S(=O)(=O)[O-]. The van der Waals surface area contributed by atoms with Crippen LogP contribution in [0.4, 0.5) is 58.4 Å². The molecule has 6 fully saturated rings. The fourth-order valence-corrected chi connectivity index (χ4v) is 15.7. The number of rotatable bonds is 20. The number of anilines is 10. The number of hydrogen-bond donors (Lipinski definition) is 6. The van der Waals surface area contributed by atoms with Crippen molar-refractivity contribution in [1.29, 1.82) is 0 Å². The van der Waals surface area contributed by atoms with Crippen LogP contribution in [0.25, 0.3) is 12.2 Å². The minimum atomic E-state index is -5.10. The molecule has 0 spiro atoms. The number of morpholine rings is 2. The Kier molecular flexibility index (Phi) is 23.2. The Hall–Kier alpha value is -9.60. The molecule has 6 saturated heterocycles. The zero-order chi connectivity index (χ0) is 73.2. The number of nitrogens with one attached hydrogen (secondary N) is 4. The monoisotopic (exact) mass is 1460 g/mol. The Morgan fingerprint density at radius 2 is 0.760 bits per heavy atom. The summed E-state index contributed by atoms with van der Waals surface area (Å²) in [4.78, 5) is 54.0. The number of aliphatic hydroxyl groups excluding tert-OH is 2. The van der Waals surface area contributed by atoms with Crippen LogP contribution >= 0.6 is 0 Å². The van der Waals surface area contributed by atoms with Gasteiger partial charge in [-0.05, 0) is 70.8 Å². The van der Waals surface area contributed by atoms with E-state index >= 15 is 0 Å². The largest absolute Gasteiger partial charge is 0.744 e. The first kappa shape index (κ1) is 74.1. The van der Waals surface area contributed by atoms with Gasteiger partial charge in [-0.2, -0.15) is 29.9 Å². The van der Waals surface area contributed by atoms with Gasteiger partial charge in [0.1, 0.15) is 32.4 Å². The van der Waals surface area contributed by atoms with Crippen molar-refractivity contribution in [2.75, 3.05) is 112 Å². The van der Waals surface area contributed by atoms with E-state index < -0.39 is 54.2 Å². The molecular weight excluding hydrogens is 1370 g/mol. The predicted molar refractivity (Wildman–Crippen MR) is 388 cm³/mol. The topological polar surface area (TPSA) is 358 Å². The van der Waals surface area contributed by atoms with Gasteiger partial charge in [0.2, 0.25) is 35.7 Å². The van der Waals surface area contributed by atoms with E-state index in [4.69, 9.17) is 18.9 Å². The zero-order valence-electron chi connectivity index (χ0n) is 58.2. The summed E-state index contributed by atoms with van der Waals surface area (Å²) in [5, 5.41) is 32.4. The number of piperidine rings is 2. The maximum Gasteiger partial charge on any atom is 0.339 e. The highest BCUT2D eigenvalue weighted by atomic mass is 32.2. The summed E-state index contributed by atoms with van der Waals surface area (Å²) in [6, 6.07) is 46.7. The van der Waals surface area contributed by atoms with E-state index in [0.29, 0.717) is 99.8 Å². The predicted octanol–water partition coefficient (Wildman–Crippen LogP) is 8.75. The minimum Gasteiger partial charge on any atom is -0.744 e. The molecule has 6 atom stereocenters. The Balaban J connectivity index is 0.000000194. The lowest BCUT2D eigenvalue weighted by molar-refractivity contribution is -0.931. The molecule has 30 heteroatoms. The van der Waals surface area contributed by atoms with E-state index in [1.807, 2.05) is 107 Å². The van der Waals surface area contributed by atoms with Gasteiger partial charge in [0, 0.05) is 100 Å². The van der Waals surface area contributed by atoms with Crippen molar-refractivity contribution in [2.45, 2.75) is 110 Å². The average molecular weight is 1460 g/mol. The van der Waals surface area contributed by atoms with E-state index in [1.54, 1.807) is 24.3 Å². The highest BCUT2D eigenvalue weighted by molar-refractivity contribution is 7.86. The van der Waals surface area contributed by atoms with Crippen molar-refractivity contribution in [3.63, 3.8) is 0 Å². The molecular formula is C74H86N14O14S2. The molecule has 2 aromatic heterocycles. The van der Waals surface area contributed by atoms with Gasteiger partial charge in [0.05, 0.1) is 88.6 Å². The van der Waals surface area contributed by atoms with Gasteiger partial charge in [-0.25, -0.2) is 26.4 Å². The summed E-state index contributed by atoms with van der Waals surface area (Å²) in [5.74, 6) is 0.225. The molecule has 0 radical (unpaired) electrons. The molecule has 0 amide bonds. The number of para-hydroxylation sites is 2. The van der Waals surface area contributed by atoms with Gasteiger partial charge >= 0.3 is 11.9 Å². The number of hydrogen-bond acceptors (Lipinski definition) is 26. The van der Waals surface area contributed by atoms with Crippen molar-refractivity contribution >= 4 is 103 Å². The van der Waals surface area contributed by atoms with E-state index in [1.165, 1.54) is 62.1 Å². The normalized spacial score (nSPS) is 21.6. The van der Waals surface area contributed by atoms with Crippen LogP contribution in [0, 0.1) is 0 Å². The van der Waals surface area contributed by atoms with Gasteiger partial charge in [-0.3, -0.25) is 0 Å². The van der Waals surface area contributed by atoms with Crippen LogP contribution in [0.3, 0.4) is 0 Å². The number of aliphatic hydroxyl groups is 2. The number of nitrogens with zero attached hydrogens (tertiary/aromatic N) is 10. The maximum atomic E-state index is 12.6. The van der Waals surface area contributed by atoms with Crippen LogP contribution in [-0.2, 0) is 48.8 Å². The standard InChI is InChI=1S/C40H40N12O8S2.2C17H24NO3/c53-61(54,55)33-25-31(43-37-45-35(41-29-7-3-1-4-8-29)47-39(49-37)51-17-21-59-22-18-51)15-13-27(33)11-12-28-14-16-32(26-34(28)62(56,57)58)44-38-46-36(42-30-9-5-2-6-10-30)48-40(50-38)52-19-23-60-24-20-52;2*1-18(2)13-8-9-14(18)11-15(10-13)21-17(20)16(19)12-6-4-3-5-7-12/h1-16,25-26H,17-24H2,(H,53,54,55)(H,56,57,58)(H2,41,43,45,47,49)(H2,42,44,46,48,50);2*3-7,13-16,19H,8-11H2,1-2H3/q;2*+1/p-2. The molecule has 6 N–H and O–H groups in total. The molecule has 104 heavy (non-hydrogen) atoms. The van der Waals surface area contributed by atoms with Gasteiger partial charge < -0.3 is 78.3 Å². The second-order valence-electron chi connectivity index (χ2n) is 27.5. The smallest absolute Gasteiger partial charge is 0.339 e. The number of fused-ring (bicyclic) bond motifs is 4. The van der Waals surface area contributed by atoms with Crippen molar-refractivity contribution in [1.82, 2.24) is 29.9 Å². The fourth-order valence-electron chi connectivity index (χ4n) is 14.3. The number of quaternary nitrogens is 2. The summed E-state index contributed by atoms with van der Waals surface area (Å²) in [6.07, 6.45) is 8.55. The maximum absolute atomic E-state index is 12.6. The lowest BCUT2D eigenvalue weighted by Gasteiger charge is -2.43. The van der Waals surface area contributed by atoms with E-state index in [0.717, 1.165) is 58.2 Å². The summed E-state index contributed by atoms with van der Waals surface area (Å²) in [5.41, 5.74) is 2.82. The molecule has 6 aliphatic rings. The van der Waals surface area contributed by atoms with Crippen molar-refractivity contribution in [3.8, 4) is 0 Å². The molecule has 548 valence electrons. The van der Waals surface area contributed by atoms with Gasteiger partial charge in [-0.1, -0.05) is 121 Å². The molecule has 6 aliphatic heterocycles. The number of carbonyl (C=O) groups is 2. The van der Waals surface area contributed by atoms with Crippen LogP contribution in [0.15, 0.2) is 168 Å². The summed E-state index contributed by atoms with van der Waals surface area (Å²) in [7, 11) is -1.08. The minimum absolute atomic E-state index is 0.0421. The lowest BCUT2D eigenvalue weighted by atomic mass is 9.97. The fraction of sp³-hybridized carbons (Fsp3) is 0.378. The number of benzene rings is 6. The Morgan fingerprint density at radius 1 is 0.462 bits per heavy atom. The highest BCUT2D eigenvalue weighted by Gasteiger charge is 2.51. The van der Waals surface area contributed by atoms with Crippen LogP contribution < -0.4 is 31.1 Å². The molecule has 6 unspecified atom stereocenters. The Labute approximate surface area is 604 Å². The molecule has 8 aromatic rings. The van der Waals surface area contributed by atoms with Crippen LogP contribution in [0.2, 0.25) is 0 Å². The van der Waals surface area contributed by atoms with E-state index in [-0.39, 0.29) is 58.5 Å². The van der Waals surface area contributed by atoms with Crippen molar-refractivity contribution in [2.24, 2.45) is 0 Å². The molecule has 0 saturated carbocycles. The first-order valence-electron chi connectivity index (χ1n) is 34.7. The van der Waals surface area contributed by atoms with Crippen LogP contribution in [0.5, 0.6) is 0 Å². The van der Waals surface area contributed by atoms with E-state index in [2.05, 4.69) is 79.4 Å². The zero-order valence-corrected chi connectivity index (χ0v) is 59.8. The molecule has 6 aromatic carbocycles. The van der Waals surface area contributed by atoms with Crippen LogP contribution in [-0.4, -0.2) is 204 Å². The van der Waals surface area contributed by atoms with E-state index in [9.17, 15) is 45.7 Å². The molecule has 8 heterocycles. The summed E-state index contributed by atoms with van der Waals surface area (Å²) in [6.45, 7) is 4.04. The highest BCUT2D eigenvalue weighted by Crippen LogP contribution is 2.43. The summed E-state index contributed by atoms with van der Waals surface area (Å²) < 4.78 is 99.9. The number of esters is 2. The molecule has 0 aliphatic carbocycles. The van der Waals surface area contributed by atoms with Crippen molar-refractivity contribution in [3.05, 3.63) is 180 Å². The number of ether oxygens (including phenoxy) is 4. The lowest BCUT2D eigenvalue weighted by Crippen LogP contribution is -2.56. The van der Waals surface area contributed by atoms with Crippen LogP contribution in [0.1, 0.15) is 85.8 Å². The third-order valence-corrected chi connectivity index (χ3v) is 22.0. The second-order valence-corrected chi connectivity index (χ2v) is 30.2. The molecule has 14 rings (SSSR count). The number of aromatic nitrogens is 6. The first-order valence-corrected chi connectivity index (χ1v) is 37.5. The van der Waals surface area contributed by atoms with Gasteiger partial charge in [0.25, 0.3) is 0 Å². The second kappa shape index (κ2) is 32.6. The van der Waals surface area contributed by atoms with Crippen molar-refractivity contribution < 1.29 is 73.7 Å². The quantitative estimate of drug-likeness (QED) is 0.0180. The first-order chi connectivity index (χ1) is 49.9. The Bertz CT molecular complexity index is 4230. The summed E-state index contributed by atoms with van der Waals surface area (Å²) >= 11 is 0. The molecule has 4 bridgehead atoms. The third kappa shape index (κ3) is 18.7. The molecule has 28 nitrogen and oxygen atoms in total. The Morgan fingerprint density at radius 3 is 1.07 bits per heavy atom. The number of carbonyl (C=O) groups excluding carboxylic acids is 2. The third-order valence-electron chi connectivity index (χ3n) is 20.2. The van der Waals surface area contributed by atoms with Gasteiger partial charge in [0.15, 0.2) is 12.2 Å². The average Bonchev–Trinajstić information content (AvgIpc) is 1.60. The van der Waals surface area contributed by atoms with Gasteiger partial charge in [-0.15, -0.1) is 0 Å².